The first-order chi connectivity index (χ1) is 6.66. The van der Waals surface area contributed by atoms with Gasteiger partial charge < -0.3 is 9.63 Å². The highest BCUT2D eigenvalue weighted by Gasteiger charge is 2.08. The normalized spacial score (nSPS) is 10.3. The molecule has 0 saturated heterocycles. The Morgan fingerprint density at radius 1 is 1.64 bits per heavy atom. The molecule has 72 valence electrons. The second kappa shape index (κ2) is 2.83. The Bertz CT molecular complexity index is 542. The van der Waals surface area contributed by atoms with Crippen LogP contribution in [0.25, 0.3) is 5.78 Å². The number of rotatable bonds is 1. The van der Waals surface area contributed by atoms with Gasteiger partial charge in [0, 0.05) is 12.3 Å². The van der Waals surface area contributed by atoms with Crippen molar-refractivity contribution in [2.75, 3.05) is 5.32 Å². The maximum absolute atomic E-state index is 10.7. The predicted molar refractivity (Wildman–Crippen MR) is 43.2 cm³/mol. The molecule has 2 N–H and O–H groups in total. The van der Waals surface area contributed by atoms with Crippen LogP contribution in [0.2, 0.25) is 0 Å². The van der Waals surface area contributed by atoms with Crippen molar-refractivity contribution in [3.63, 3.8) is 0 Å². The monoisotopic (exact) mass is 196 g/mol. The van der Waals surface area contributed by atoms with Gasteiger partial charge in [-0.05, 0) is 0 Å². The number of anilines is 1. The number of fused-ring (bicyclic) bond motifs is 1. The molecule has 0 aliphatic rings. The largest absolute Gasteiger partial charge is 0.465 e. The fraction of sp³-hybridized carbons (Fsp3) is 0. The number of nitrogens with one attached hydrogen (secondary N) is 1. The van der Waals surface area contributed by atoms with Gasteiger partial charge in [-0.25, -0.2) is 14.6 Å². The molecule has 0 fully saturated rings. The van der Waals surface area contributed by atoms with Gasteiger partial charge in [-0.15, -0.1) is 9.56 Å². The molecule has 1 amide bonds. The highest BCUT2D eigenvalue weighted by molar-refractivity contribution is 5.81. The minimum atomic E-state index is -1.27. The van der Waals surface area contributed by atoms with Crippen LogP contribution < -0.4 is 11.1 Å². The van der Waals surface area contributed by atoms with Crippen LogP contribution in [-0.4, -0.2) is 25.7 Å². The first kappa shape index (κ1) is 8.23. The Hall–Kier alpha value is -2.38. The van der Waals surface area contributed by atoms with E-state index in [2.05, 4.69) is 14.5 Å². The Morgan fingerprint density at radius 3 is 3.14 bits per heavy atom. The number of aromatic nitrogens is 3. The van der Waals surface area contributed by atoms with E-state index in [0.717, 1.165) is 4.57 Å². The summed E-state index contributed by atoms with van der Waals surface area (Å²) in [5, 5.41) is 10.5. The molecule has 0 bridgehead atoms. The SMILES string of the molecule is O=C(O)Nc1ccnc2nc(=O)on12. The summed E-state index contributed by atoms with van der Waals surface area (Å²) in [5.41, 5.74) is 0. The zero-order valence-corrected chi connectivity index (χ0v) is 6.67. The molecule has 2 aromatic heterocycles. The fourth-order valence-corrected chi connectivity index (χ4v) is 0.949. The Morgan fingerprint density at radius 2 is 2.43 bits per heavy atom. The van der Waals surface area contributed by atoms with Crippen LogP contribution >= 0.6 is 0 Å². The average Bonchev–Trinajstić information content (AvgIpc) is 2.45. The third-order valence-corrected chi connectivity index (χ3v) is 1.42. The van der Waals surface area contributed by atoms with Gasteiger partial charge in [0.15, 0.2) is 5.82 Å². The third kappa shape index (κ3) is 1.28. The topological polar surface area (TPSA) is 110 Å². The smallest absolute Gasteiger partial charge is 0.461 e. The molecule has 0 saturated carbocycles. The first-order valence-corrected chi connectivity index (χ1v) is 3.52. The van der Waals surface area contributed by atoms with Crippen molar-refractivity contribution in [2.45, 2.75) is 0 Å². The number of carboxylic acid groups (broad SMARTS) is 1. The van der Waals surface area contributed by atoms with Gasteiger partial charge >= 0.3 is 11.8 Å². The highest BCUT2D eigenvalue weighted by atomic mass is 16.5. The van der Waals surface area contributed by atoms with Crippen molar-refractivity contribution in [1.82, 2.24) is 14.5 Å². The van der Waals surface area contributed by atoms with Gasteiger partial charge in [0.25, 0.3) is 5.78 Å². The van der Waals surface area contributed by atoms with Crippen LogP contribution in [0.3, 0.4) is 0 Å². The van der Waals surface area contributed by atoms with Crippen LogP contribution in [-0.2, 0) is 0 Å². The molecule has 0 aliphatic carbocycles. The summed E-state index contributed by atoms with van der Waals surface area (Å²) >= 11 is 0. The molecule has 2 aromatic rings. The minimum Gasteiger partial charge on any atom is -0.465 e. The number of hydrogen-bond donors (Lipinski definition) is 2. The molecule has 0 aromatic carbocycles. The highest BCUT2D eigenvalue weighted by Crippen LogP contribution is 2.06. The second-order valence-corrected chi connectivity index (χ2v) is 2.32. The molecule has 0 radical (unpaired) electrons. The minimum absolute atomic E-state index is 0.00116. The quantitative estimate of drug-likeness (QED) is 0.651. The lowest BCUT2D eigenvalue weighted by Crippen LogP contribution is -2.10. The van der Waals surface area contributed by atoms with Gasteiger partial charge in [0.1, 0.15) is 0 Å². The predicted octanol–water partition coefficient (Wildman–Crippen LogP) is -0.228. The van der Waals surface area contributed by atoms with Gasteiger partial charge in [-0.1, -0.05) is 0 Å². The van der Waals surface area contributed by atoms with E-state index in [4.69, 9.17) is 5.11 Å². The van der Waals surface area contributed by atoms with Crippen LogP contribution in [0.5, 0.6) is 0 Å². The maximum atomic E-state index is 10.7. The Balaban J connectivity index is 2.64. The molecule has 8 nitrogen and oxygen atoms in total. The summed E-state index contributed by atoms with van der Waals surface area (Å²) in [4.78, 5) is 28.1. The summed E-state index contributed by atoms with van der Waals surface area (Å²) in [6.45, 7) is 0. The van der Waals surface area contributed by atoms with Crippen molar-refractivity contribution >= 4 is 17.7 Å². The van der Waals surface area contributed by atoms with Crippen molar-refractivity contribution in [2.24, 2.45) is 0 Å². The summed E-state index contributed by atoms with van der Waals surface area (Å²) < 4.78 is 5.46. The van der Waals surface area contributed by atoms with Crippen LogP contribution in [0.4, 0.5) is 10.6 Å². The van der Waals surface area contributed by atoms with E-state index in [1.165, 1.54) is 12.3 Å². The van der Waals surface area contributed by atoms with E-state index in [-0.39, 0.29) is 11.6 Å². The van der Waals surface area contributed by atoms with Crippen LogP contribution in [0, 0.1) is 0 Å². The zero-order chi connectivity index (χ0) is 10.1. The van der Waals surface area contributed by atoms with Crippen LogP contribution in [0.1, 0.15) is 0 Å². The third-order valence-electron chi connectivity index (χ3n) is 1.42. The van der Waals surface area contributed by atoms with E-state index < -0.39 is 11.8 Å². The number of hydrogen-bond acceptors (Lipinski definition) is 5. The number of carbonyl (C=O) groups is 1. The summed E-state index contributed by atoms with van der Waals surface area (Å²) in [5.74, 6) is -0.768. The average molecular weight is 196 g/mol. The lowest BCUT2D eigenvalue weighted by atomic mass is 10.6. The second-order valence-electron chi connectivity index (χ2n) is 2.32. The van der Waals surface area contributed by atoms with E-state index in [1.54, 1.807) is 0 Å². The van der Waals surface area contributed by atoms with Crippen molar-refractivity contribution in [3.05, 3.63) is 22.8 Å². The molecule has 0 atom stereocenters. The van der Waals surface area contributed by atoms with Crippen LogP contribution in [0.15, 0.2) is 21.6 Å². The maximum Gasteiger partial charge on any atom is 0.461 e. The number of amides is 1. The molecule has 0 aliphatic heterocycles. The first-order valence-electron chi connectivity index (χ1n) is 3.52. The van der Waals surface area contributed by atoms with E-state index >= 15 is 0 Å². The van der Waals surface area contributed by atoms with Crippen molar-refractivity contribution in [1.29, 1.82) is 0 Å². The van der Waals surface area contributed by atoms with Gasteiger partial charge in [-0.2, -0.15) is 0 Å². The van der Waals surface area contributed by atoms with Gasteiger partial charge in [0.05, 0.1) is 0 Å². The van der Waals surface area contributed by atoms with Crippen molar-refractivity contribution in [3.8, 4) is 0 Å². The van der Waals surface area contributed by atoms with Gasteiger partial charge in [-0.3, -0.25) is 5.32 Å². The van der Waals surface area contributed by atoms with E-state index in [0.29, 0.717) is 0 Å². The molecule has 8 heteroatoms. The summed E-state index contributed by atoms with van der Waals surface area (Å²) in [6, 6.07) is 1.34. The molecular weight excluding hydrogens is 192 g/mol. The summed E-state index contributed by atoms with van der Waals surface area (Å²) in [7, 11) is 0. The standard InChI is InChI=1S/C6H4N4O4/c11-5(12)8-3-1-2-7-4-9-6(13)14-10(3)4/h1-2,8H,(H,11,12). The summed E-state index contributed by atoms with van der Waals surface area (Å²) in [6.07, 6.45) is 0.0385. The zero-order valence-electron chi connectivity index (χ0n) is 6.67. The molecule has 14 heavy (non-hydrogen) atoms. The molecule has 2 heterocycles. The van der Waals surface area contributed by atoms with Gasteiger partial charge in [0.2, 0.25) is 0 Å². The van der Waals surface area contributed by atoms with Crippen molar-refractivity contribution < 1.29 is 14.4 Å². The number of nitrogens with zero attached hydrogens (tertiary/aromatic N) is 3. The van der Waals surface area contributed by atoms with E-state index in [9.17, 15) is 9.59 Å². The molecule has 0 spiro atoms. The molecule has 2 rings (SSSR count). The molecule has 0 unspecified atom stereocenters. The van der Waals surface area contributed by atoms with E-state index in [1.807, 2.05) is 5.32 Å². The molecular formula is C6H4N4O4. The lowest BCUT2D eigenvalue weighted by molar-refractivity contribution is 0.209. The Labute approximate surface area is 75.8 Å². The fourth-order valence-electron chi connectivity index (χ4n) is 0.949. The lowest BCUT2D eigenvalue weighted by Gasteiger charge is -1.99. The Kier molecular flexibility index (Phi) is 1.67.